The lowest BCUT2D eigenvalue weighted by Gasteiger charge is -2.35. The highest BCUT2D eigenvalue weighted by molar-refractivity contribution is 5.96. The quantitative estimate of drug-likeness (QED) is 0.748. The number of pyridine rings is 1. The van der Waals surface area contributed by atoms with Gasteiger partial charge < -0.3 is 14.6 Å². The van der Waals surface area contributed by atoms with Crippen molar-refractivity contribution in [2.24, 2.45) is 0 Å². The number of aromatic amines is 1. The Morgan fingerprint density at radius 1 is 1.26 bits per heavy atom. The SMILES string of the molecule is COc1cnc2c(c1)CCN1Cc3[nH]c4ccccc4c3C=C21. The van der Waals surface area contributed by atoms with Crippen LogP contribution in [-0.4, -0.2) is 28.5 Å². The van der Waals surface area contributed by atoms with Gasteiger partial charge in [-0.1, -0.05) is 18.2 Å². The molecule has 1 N–H and O–H groups in total. The van der Waals surface area contributed by atoms with Gasteiger partial charge in [0.25, 0.3) is 0 Å². The first-order valence-electron chi connectivity index (χ1n) is 7.93. The number of nitrogens with one attached hydrogen (secondary N) is 1. The van der Waals surface area contributed by atoms with Crippen molar-refractivity contribution in [3.63, 3.8) is 0 Å². The van der Waals surface area contributed by atoms with E-state index in [1.165, 1.54) is 33.4 Å². The average Bonchev–Trinajstić information content (AvgIpc) is 2.97. The maximum absolute atomic E-state index is 5.32. The van der Waals surface area contributed by atoms with E-state index >= 15 is 0 Å². The van der Waals surface area contributed by atoms with Crippen LogP contribution >= 0.6 is 0 Å². The van der Waals surface area contributed by atoms with Crippen LogP contribution in [0.4, 0.5) is 0 Å². The van der Waals surface area contributed by atoms with Crippen molar-refractivity contribution in [3.8, 4) is 5.75 Å². The Labute approximate surface area is 134 Å². The third-order valence-corrected chi connectivity index (χ3v) is 4.87. The lowest BCUT2D eigenvalue weighted by Crippen LogP contribution is -2.31. The maximum atomic E-state index is 5.32. The van der Waals surface area contributed by atoms with Crippen molar-refractivity contribution in [1.82, 2.24) is 14.9 Å². The number of benzene rings is 1. The number of nitrogens with zero attached hydrogens (tertiary/aromatic N) is 2. The molecule has 0 amide bonds. The first-order valence-corrected chi connectivity index (χ1v) is 7.93. The third kappa shape index (κ3) is 1.81. The molecule has 0 unspecified atom stereocenters. The number of ether oxygens (including phenoxy) is 1. The number of H-pyrrole nitrogens is 1. The summed E-state index contributed by atoms with van der Waals surface area (Å²) in [5.41, 5.74) is 7.40. The summed E-state index contributed by atoms with van der Waals surface area (Å²) < 4.78 is 5.32. The average molecular weight is 303 g/mol. The number of rotatable bonds is 1. The summed E-state index contributed by atoms with van der Waals surface area (Å²) in [7, 11) is 1.69. The minimum absolute atomic E-state index is 0.835. The molecule has 0 aliphatic carbocycles. The lowest BCUT2D eigenvalue weighted by atomic mass is 9.96. The van der Waals surface area contributed by atoms with Gasteiger partial charge in [0.05, 0.1) is 31.2 Å². The number of aromatic nitrogens is 2. The largest absolute Gasteiger partial charge is 0.495 e. The third-order valence-electron chi connectivity index (χ3n) is 4.87. The van der Waals surface area contributed by atoms with Gasteiger partial charge in [0.2, 0.25) is 0 Å². The summed E-state index contributed by atoms with van der Waals surface area (Å²) in [5.74, 6) is 0.835. The summed E-state index contributed by atoms with van der Waals surface area (Å²) in [6, 6.07) is 10.6. The molecule has 23 heavy (non-hydrogen) atoms. The Bertz CT molecular complexity index is 954. The Kier molecular flexibility index (Phi) is 2.56. The number of hydrogen-bond donors (Lipinski definition) is 1. The highest BCUT2D eigenvalue weighted by Crippen LogP contribution is 2.38. The molecule has 0 saturated carbocycles. The predicted octanol–water partition coefficient (Wildman–Crippen LogP) is 3.44. The number of para-hydroxylation sites is 1. The van der Waals surface area contributed by atoms with E-state index in [1.54, 1.807) is 7.11 Å². The molecule has 1 aromatic carbocycles. The molecule has 5 rings (SSSR count). The summed E-state index contributed by atoms with van der Waals surface area (Å²) in [6.45, 7) is 1.94. The first kappa shape index (κ1) is 12.8. The molecule has 4 heterocycles. The molecule has 114 valence electrons. The number of hydrogen-bond acceptors (Lipinski definition) is 3. The van der Waals surface area contributed by atoms with Crippen LogP contribution in [0.2, 0.25) is 0 Å². The molecule has 0 saturated heterocycles. The van der Waals surface area contributed by atoms with Gasteiger partial charge in [-0.05, 0) is 30.2 Å². The fourth-order valence-corrected chi connectivity index (χ4v) is 3.71. The van der Waals surface area contributed by atoms with Gasteiger partial charge in [-0.3, -0.25) is 4.98 Å². The molecule has 3 aromatic rings. The van der Waals surface area contributed by atoms with Crippen LogP contribution < -0.4 is 4.74 Å². The summed E-state index contributed by atoms with van der Waals surface area (Å²) >= 11 is 0. The molecule has 2 aliphatic heterocycles. The van der Waals surface area contributed by atoms with E-state index in [0.717, 1.165) is 31.0 Å². The van der Waals surface area contributed by atoms with Crippen LogP contribution in [0.3, 0.4) is 0 Å². The van der Waals surface area contributed by atoms with Crippen molar-refractivity contribution in [1.29, 1.82) is 0 Å². The summed E-state index contributed by atoms with van der Waals surface area (Å²) in [4.78, 5) is 10.6. The Morgan fingerprint density at radius 2 is 2.17 bits per heavy atom. The first-order chi connectivity index (χ1) is 11.3. The van der Waals surface area contributed by atoms with Crippen LogP contribution in [0.1, 0.15) is 22.5 Å². The number of fused-ring (bicyclic) bond motifs is 6. The van der Waals surface area contributed by atoms with E-state index < -0.39 is 0 Å². The molecule has 2 aliphatic rings. The standard InChI is InChI=1S/C19H17N3O/c1-23-13-8-12-6-7-22-11-17-15(9-18(22)19(12)20-10-13)14-4-2-3-5-16(14)21-17/h2-5,8-10,21H,6-7,11H2,1H3. The molecular weight excluding hydrogens is 286 g/mol. The van der Waals surface area contributed by atoms with Crippen LogP contribution in [0.25, 0.3) is 22.7 Å². The van der Waals surface area contributed by atoms with E-state index in [2.05, 4.69) is 51.3 Å². The molecule has 0 spiro atoms. The van der Waals surface area contributed by atoms with E-state index in [1.807, 2.05) is 6.20 Å². The molecule has 0 fully saturated rings. The molecule has 4 heteroatoms. The van der Waals surface area contributed by atoms with E-state index in [9.17, 15) is 0 Å². The topological polar surface area (TPSA) is 41.1 Å². The van der Waals surface area contributed by atoms with Crippen LogP contribution in [0.15, 0.2) is 36.5 Å². The highest BCUT2D eigenvalue weighted by Gasteiger charge is 2.28. The molecule has 0 atom stereocenters. The minimum Gasteiger partial charge on any atom is -0.495 e. The van der Waals surface area contributed by atoms with E-state index in [-0.39, 0.29) is 0 Å². The lowest BCUT2D eigenvalue weighted by molar-refractivity contribution is 0.372. The second-order valence-corrected chi connectivity index (χ2v) is 6.15. The van der Waals surface area contributed by atoms with Gasteiger partial charge in [-0.25, -0.2) is 0 Å². The zero-order chi connectivity index (χ0) is 15.4. The normalized spacial score (nSPS) is 15.7. The molecule has 0 bridgehead atoms. The van der Waals surface area contributed by atoms with Crippen LogP contribution in [0, 0.1) is 0 Å². The van der Waals surface area contributed by atoms with Crippen molar-refractivity contribution in [3.05, 3.63) is 59.0 Å². The smallest absolute Gasteiger partial charge is 0.137 e. The zero-order valence-corrected chi connectivity index (χ0v) is 13.0. The van der Waals surface area contributed by atoms with Crippen LogP contribution in [0.5, 0.6) is 5.75 Å². The monoisotopic (exact) mass is 303 g/mol. The van der Waals surface area contributed by atoms with Crippen molar-refractivity contribution < 1.29 is 4.74 Å². The predicted molar refractivity (Wildman–Crippen MR) is 91.1 cm³/mol. The fraction of sp³-hybridized carbons (Fsp3) is 0.211. The van der Waals surface area contributed by atoms with Gasteiger partial charge in [0.1, 0.15) is 5.75 Å². The van der Waals surface area contributed by atoms with Crippen molar-refractivity contribution >= 4 is 22.7 Å². The second kappa shape index (κ2) is 4.62. The summed E-state index contributed by atoms with van der Waals surface area (Å²) in [5, 5.41) is 1.29. The maximum Gasteiger partial charge on any atom is 0.137 e. The van der Waals surface area contributed by atoms with Gasteiger partial charge in [-0.15, -0.1) is 0 Å². The molecule has 2 aromatic heterocycles. The molecule has 4 nitrogen and oxygen atoms in total. The van der Waals surface area contributed by atoms with E-state index in [0.29, 0.717) is 0 Å². The van der Waals surface area contributed by atoms with Crippen LogP contribution in [-0.2, 0) is 13.0 Å². The van der Waals surface area contributed by atoms with Gasteiger partial charge in [0, 0.05) is 28.7 Å². The Balaban J connectivity index is 1.71. The van der Waals surface area contributed by atoms with Crippen molar-refractivity contribution in [2.75, 3.05) is 13.7 Å². The second-order valence-electron chi connectivity index (χ2n) is 6.15. The fourth-order valence-electron chi connectivity index (χ4n) is 3.71. The van der Waals surface area contributed by atoms with Crippen molar-refractivity contribution in [2.45, 2.75) is 13.0 Å². The summed E-state index contributed by atoms with van der Waals surface area (Å²) in [6.07, 6.45) is 5.11. The Morgan fingerprint density at radius 3 is 3.09 bits per heavy atom. The molecule has 0 radical (unpaired) electrons. The number of methoxy groups -OCH3 is 1. The molecular formula is C19H17N3O. The Hall–Kier alpha value is -2.75. The highest BCUT2D eigenvalue weighted by atomic mass is 16.5. The zero-order valence-electron chi connectivity index (χ0n) is 13.0. The van der Waals surface area contributed by atoms with Gasteiger partial charge in [0.15, 0.2) is 0 Å². The van der Waals surface area contributed by atoms with Gasteiger partial charge in [-0.2, -0.15) is 0 Å². The van der Waals surface area contributed by atoms with Gasteiger partial charge >= 0.3 is 0 Å². The minimum atomic E-state index is 0.835. The van der Waals surface area contributed by atoms with E-state index in [4.69, 9.17) is 4.74 Å².